The van der Waals surface area contributed by atoms with E-state index in [4.69, 9.17) is 5.26 Å². The van der Waals surface area contributed by atoms with Gasteiger partial charge in [0.05, 0.1) is 12.1 Å². The topological polar surface area (TPSA) is 39.5 Å². The van der Waals surface area contributed by atoms with Crippen LogP contribution in [0.25, 0.3) is 0 Å². The second-order valence-corrected chi connectivity index (χ2v) is 4.95. The lowest BCUT2D eigenvalue weighted by molar-refractivity contribution is -0.174. The van der Waals surface area contributed by atoms with Crippen LogP contribution in [0, 0.1) is 11.3 Å². The van der Waals surface area contributed by atoms with Gasteiger partial charge < -0.3 is 9.64 Å². The third kappa shape index (κ3) is 6.55. The first-order valence-electron chi connectivity index (χ1n) is 6.96. The summed E-state index contributed by atoms with van der Waals surface area (Å²) in [6.45, 7) is 5.11. The van der Waals surface area contributed by atoms with E-state index >= 15 is 0 Å². The van der Waals surface area contributed by atoms with Crippen LogP contribution >= 0.6 is 0 Å². The first kappa shape index (κ1) is 17.2. The number of nitriles is 1. The molecule has 1 aliphatic rings. The standard InChI is InChI=1S/C13H22F3N3O/c1-2-12(10-17)19-7-5-18(6-8-19)4-3-9-20-11-13(14,15)16/h12H,2-9,11H2,1H3. The van der Waals surface area contributed by atoms with Crippen LogP contribution in [0.2, 0.25) is 0 Å². The van der Waals surface area contributed by atoms with Crippen molar-refractivity contribution in [2.24, 2.45) is 0 Å². The third-order valence-corrected chi connectivity index (χ3v) is 3.41. The van der Waals surface area contributed by atoms with Gasteiger partial charge in [0, 0.05) is 39.3 Å². The van der Waals surface area contributed by atoms with E-state index in [9.17, 15) is 13.2 Å². The number of ether oxygens (including phenoxy) is 1. The van der Waals surface area contributed by atoms with E-state index in [1.165, 1.54) is 0 Å². The predicted octanol–water partition coefficient (Wildman–Crippen LogP) is 1.88. The van der Waals surface area contributed by atoms with Crippen molar-refractivity contribution < 1.29 is 17.9 Å². The summed E-state index contributed by atoms with van der Waals surface area (Å²) in [5.74, 6) is 0. The SMILES string of the molecule is CCC(C#N)N1CCN(CCCOCC(F)(F)F)CC1. The molecule has 1 aliphatic heterocycles. The quantitative estimate of drug-likeness (QED) is 0.672. The van der Waals surface area contributed by atoms with Crippen LogP contribution in [0.3, 0.4) is 0 Å². The smallest absolute Gasteiger partial charge is 0.372 e. The van der Waals surface area contributed by atoms with Crippen LogP contribution in [0.1, 0.15) is 19.8 Å². The number of rotatable bonds is 7. The number of halogens is 3. The van der Waals surface area contributed by atoms with Crippen LogP contribution < -0.4 is 0 Å². The van der Waals surface area contributed by atoms with Crippen molar-refractivity contribution in [2.45, 2.75) is 32.0 Å². The van der Waals surface area contributed by atoms with Crippen molar-refractivity contribution in [3.8, 4) is 6.07 Å². The largest absolute Gasteiger partial charge is 0.411 e. The van der Waals surface area contributed by atoms with Gasteiger partial charge in [-0.3, -0.25) is 4.90 Å². The lowest BCUT2D eigenvalue weighted by Crippen LogP contribution is -2.50. The van der Waals surface area contributed by atoms with Crippen molar-refractivity contribution in [1.29, 1.82) is 5.26 Å². The Morgan fingerprint density at radius 1 is 1.25 bits per heavy atom. The Bertz CT molecular complexity index is 309. The van der Waals surface area contributed by atoms with Gasteiger partial charge in [-0.15, -0.1) is 0 Å². The Labute approximate surface area is 118 Å². The normalized spacial score (nSPS) is 19.8. The molecule has 0 aromatic rings. The zero-order chi connectivity index (χ0) is 15.0. The molecule has 0 radical (unpaired) electrons. The summed E-state index contributed by atoms with van der Waals surface area (Å²) in [7, 11) is 0. The van der Waals surface area contributed by atoms with E-state index in [0.717, 1.165) is 39.1 Å². The molecule has 0 aromatic heterocycles. The maximum Gasteiger partial charge on any atom is 0.411 e. The molecule has 116 valence electrons. The van der Waals surface area contributed by atoms with E-state index in [2.05, 4.69) is 20.6 Å². The molecule has 0 aliphatic carbocycles. The lowest BCUT2D eigenvalue weighted by atomic mass is 10.2. The van der Waals surface area contributed by atoms with E-state index in [1.807, 2.05) is 6.92 Å². The third-order valence-electron chi connectivity index (χ3n) is 3.41. The van der Waals surface area contributed by atoms with Crippen LogP contribution in [-0.2, 0) is 4.74 Å². The van der Waals surface area contributed by atoms with Gasteiger partial charge >= 0.3 is 6.18 Å². The Morgan fingerprint density at radius 2 is 1.90 bits per heavy atom. The first-order chi connectivity index (χ1) is 9.46. The second kappa shape index (κ2) is 8.45. The van der Waals surface area contributed by atoms with Crippen LogP contribution in [0.15, 0.2) is 0 Å². The maximum absolute atomic E-state index is 11.9. The molecule has 0 amide bonds. The summed E-state index contributed by atoms with van der Waals surface area (Å²) in [6, 6.07) is 2.27. The number of nitrogens with zero attached hydrogens (tertiary/aromatic N) is 3. The Balaban J connectivity index is 2.10. The zero-order valence-corrected chi connectivity index (χ0v) is 11.8. The highest BCUT2D eigenvalue weighted by Crippen LogP contribution is 2.14. The molecule has 0 aromatic carbocycles. The molecule has 1 saturated heterocycles. The average molecular weight is 293 g/mol. The molecule has 0 bridgehead atoms. The number of hydrogen-bond donors (Lipinski definition) is 0. The van der Waals surface area contributed by atoms with Crippen molar-refractivity contribution in [1.82, 2.24) is 9.80 Å². The summed E-state index contributed by atoms with van der Waals surface area (Å²) < 4.78 is 40.1. The van der Waals surface area contributed by atoms with Crippen molar-refractivity contribution in [3.63, 3.8) is 0 Å². The van der Waals surface area contributed by atoms with E-state index in [0.29, 0.717) is 6.42 Å². The number of hydrogen-bond acceptors (Lipinski definition) is 4. The molecule has 0 spiro atoms. The van der Waals surface area contributed by atoms with Gasteiger partial charge in [-0.25, -0.2) is 0 Å². The molecule has 1 rings (SSSR count). The van der Waals surface area contributed by atoms with E-state index in [1.54, 1.807) is 0 Å². The fourth-order valence-electron chi connectivity index (χ4n) is 2.31. The molecule has 7 heteroatoms. The number of alkyl halides is 3. The fraction of sp³-hybridized carbons (Fsp3) is 0.923. The highest BCUT2D eigenvalue weighted by atomic mass is 19.4. The molecule has 4 nitrogen and oxygen atoms in total. The van der Waals surface area contributed by atoms with E-state index in [-0.39, 0.29) is 12.6 Å². The van der Waals surface area contributed by atoms with Crippen molar-refractivity contribution in [2.75, 3.05) is 45.9 Å². The van der Waals surface area contributed by atoms with E-state index < -0.39 is 12.8 Å². The van der Waals surface area contributed by atoms with Gasteiger partial charge in [0.15, 0.2) is 0 Å². The van der Waals surface area contributed by atoms with Gasteiger partial charge in [0.2, 0.25) is 0 Å². The molecule has 1 atom stereocenters. The summed E-state index contributed by atoms with van der Waals surface area (Å²) in [5.41, 5.74) is 0. The van der Waals surface area contributed by atoms with Gasteiger partial charge in [-0.1, -0.05) is 6.92 Å². The molecule has 20 heavy (non-hydrogen) atoms. The first-order valence-corrected chi connectivity index (χ1v) is 6.96. The highest BCUT2D eigenvalue weighted by Gasteiger charge is 2.27. The highest BCUT2D eigenvalue weighted by molar-refractivity contribution is 4.92. The number of piperazine rings is 1. The molecular weight excluding hydrogens is 271 g/mol. The molecule has 0 N–H and O–H groups in total. The molecule has 1 fully saturated rings. The minimum absolute atomic E-state index is 0.0210. The summed E-state index contributed by atoms with van der Waals surface area (Å²) in [4.78, 5) is 4.37. The summed E-state index contributed by atoms with van der Waals surface area (Å²) >= 11 is 0. The minimum atomic E-state index is -4.24. The Morgan fingerprint density at radius 3 is 2.40 bits per heavy atom. The van der Waals surface area contributed by atoms with Crippen LogP contribution in [0.5, 0.6) is 0 Å². The monoisotopic (exact) mass is 293 g/mol. The summed E-state index contributed by atoms with van der Waals surface area (Å²) in [6.07, 6.45) is -2.81. The van der Waals surface area contributed by atoms with Gasteiger partial charge in [-0.05, 0) is 12.8 Å². The average Bonchev–Trinajstić information content (AvgIpc) is 2.40. The second-order valence-electron chi connectivity index (χ2n) is 4.95. The van der Waals surface area contributed by atoms with Gasteiger partial charge in [0.1, 0.15) is 6.61 Å². The maximum atomic E-state index is 11.9. The zero-order valence-electron chi connectivity index (χ0n) is 11.8. The Hall–Kier alpha value is -0.840. The van der Waals surface area contributed by atoms with Crippen LogP contribution in [-0.4, -0.2) is 68.0 Å². The molecule has 0 saturated carbocycles. The van der Waals surface area contributed by atoms with Gasteiger partial charge in [-0.2, -0.15) is 18.4 Å². The molecule has 1 unspecified atom stereocenters. The lowest BCUT2D eigenvalue weighted by Gasteiger charge is -2.36. The van der Waals surface area contributed by atoms with Gasteiger partial charge in [0.25, 0.3) is 0 Å². The molecule has 1 heterocycles. The minimum Gasteiger partial charge on any atom is -0.372 e. The Kier molecular flexibility index (Phi) is 7.27. The molecular formula is C13H22F3N3O. The van der Waals surface area contributed by atoms with Crippen molar-refractivity contribution in [3.05, 3.63) is 0 Å². The fourth-order valence-corrected chi connectivity index (χ4v) is 2.31. The van der Waals surface area contributed by atoms with Crippen molar-refractivity contribution >= 4 is 0 Å². The predicted molar refractivity (Wildman–Crippen MR) is 69.2 cm³/mol. The summed E-state index contributed by atoms with van der Waals surface area (Å²) in [5, 5.41) is 9.00. The van der Waals surface area contributed by atoms with Crippen LogP contribution in [0.4, 0.5) is 13.2 Å².